The number of halogens is 1. The fourth-order valence-electron chi connectivity index (χ4n) is 1.37. The van der Waals surface area contributed by atoms with Crippen LogP contribution in [-0.2, 0) is 0 Å². The van der Waals surface area contributed by atoms with Crippen molar-refractivity contribution >= 4 is 15.9 Å². The minimum absolute atomic E-state index is 0.536. The second-order valence-corrected chi connectivity index (χ2v) is 4.23. The van der Waals surface area contributed by atoms with Crippen molar-refractivity contribution in [3.63, 3.8) is 0 Å². The van der Waals surface area contributed by atoms with Gasteiger partial charge in [0.25, 0.3) is 0 Å². The lowest BCUT2D eigenvalue weighted by Gasteiger charge is -2.15. The molecule has 1 aromatic rings. The van der Waals surface area contributed by atoms with Gasteiger partial charge in [-0.3, -0.25) is 5.10 Å². The Kier molecular flexibility index (Phi) is 5.08. The van der Waals surface area contributed by atoms with Crippen molar-refractivity contribution in [1.29, 1.82) is 0 Å². The summed E-state index contributed by atoms with van der Waals surface area (Å²) in [7, 11) is 0. The zero-order chi connectivity index (χ0) is 9.52. The molecule has 3 nitrogen and oxygen atoms in total. The highest BCUT2D eigenvalue weighted by Crippen LogP contribution is 2.14. The number of nitrogens with zero attached hydrogens (tertiary/aromatic N) is 1. The van der Waals surface area contributed by atoms with Gasteiger partial charge in [-0.25, -0.2) is 0 Å². The van der Waals surface area contributed by atoms with E-state index in [-0.39, 0.29) is 0 Å². The molecule has 1 saturated carbocycles. The molecule has 0 bridgehead atoms. The Morgan fingerprint density at radius 3 is 2.31 bits per heavy atom. The van der Waals surface area contributed by atoms with Gasteiger partial charge in [-0.15, -0.1) is 0 Å². The monoisotopic (exact) mass is 245 g/mol. The predicted molar refractivity (Wildman–Crippen MR) is 57.3 cm³/mol. The van der Waals surface area contributed by atoms with E-state index in [1.54, 1.807) is 12.4 Å². The molecule has 2 rings (SSSR count). The zero-order valence-electron chi connectivity index (χ0n) is 7.67. The second kappa shape index (κ2) is 6.16. The molecule has 0 aromatic carbocycles. The Morgan fingerprint density at radius 1 is 1.38 bits per heavy atom. The van der Waals surface area contributed by atoms with Crippen LogP contribution in [0.3, 0.4) is 0 Å². The summed E-state index contributed by atoms with van der Waals surface area (Å²) in [4.78, 5) is 0. The van der Waals surface area contributed by atoms with Gasteiger partial charge in [0.2, 0.25) is 0 Å². The minimum Gasteiger partial charge on any atom is -0.328 e. The van der Waals surface area contributed by atoms with Crippen molar-refractivity contribution in [2.24, 2.45) is 5.73 Å². The highest BCUT2D eigenvalue weighted by atomic mass is 79.9. The summed E-state index contributed by atoms with van der Waals surface area (Å²) in [6.45, 7) is 0. The van der Waals surface area contributed by atoms with Crippen LogP contribution < -0.4 is 5.73 Å². The third kappa shape index (κ3) is 5.05. The Labute approximate surface area is 87.2 Å². The van der Waals surface area contributed by atoms with Crippen LogP contribution in [0.4, 0.5) is 0 Å². The molecule has 0 spiro atoms. The Balaban J connectivity index is 0.000000132. The first kappa shape index (κ1) is 10.7. The summed E-state index contributed by atoms with van der Waals surface area (Å²) < 4.78 is 0.988. The summed E-state index contributed by atoms with van der Waals surface area (Å²) in [6, 6.07) is 0.536. The summed E-state index contributed by atoms with van der Waals surface area (Å²) in [5.41, 5.74) is 5.63. The maximum Gasteiger partial charge on any atom is 0.0629 e. The molecule has 1 aromatic heterocycles. The Morgan fingerprint density at radius 2 is 2.08 bits per heavy atom. The molecule has 13 heavy (non-hydrogen) atoms. The van der Waals surface area contributed by atoms with E-state index in [0.29, 0.717) is 6.04 Å². The van der Waals surface area contributed by atoms with E-state index in [9.17, 15) is 0 Å². The quantitative estimate of drug-likeness (QED) is 0.738. The number of nitrogens with two attached hydrogens (primary N) is 1. The SMILES string of the molecule is Brc1cn[nH]c1.NC1CCCCC1. The highest BCUT2D eigenvalue weighted by Gasteiger charge is 2.06. The zero-order valence-corrected chi connectivity index (χ0v) is 9.26. The van der Waals surface area contributed by atoms with Gasteiger partial charge in [-0.2, -0.15) is 5.10 Å². The first-order valence-corrected chi connectivity index (χ1v) is 5.48. The topological polar surface area (TPSA) is 54.7 Å². The van der Waals surface area contributed by atoms with Gasteiger partial charge in [-0.1, -0.05) is 19.3 Å². The Hall–Kier alpha value is -0.350. The van der Waals surface area contributed by atoms with Crippen molar-refractivity contribution < 1.29 is 0 Å². The first-order valence-electron chi connectivity index (χ1n) is 4.69. The standard InChI is InChI=1S/C6H13N.C3H3BrN2/c7-6-4-2-1-3-5-6;4-3-1-5-6-2-3/h6H,1-5,7H2;1-2H,(H,5,6). The van der Waals surface area contributed by atoms with Crippen molar-refractivity contribution in [2.75, 3.05) is 0 Å². The van der Waals surface area contributed by atoms with E-state index in [0.717, 1.165) is 4.47 Å². The van der Waals surface area contributed by atoms with Crippen molar-refractivity contribution in [3.05, 3.63) is 16.9 Å². The van der Waals surface area contributed by atoms with Crippen LogP contribution in [0.2, 0.25) is 0 Å². The van der Waals surface area contributed by atoms with Gasteiger partial charge >= 0.3 is 0 Å². The van der Waals surface area contributed by atoms with E-state index in [1.807, 2.05) is 0 Å². The summed E-state index contributed by atoms with van der Waals surface area (Å²) in [6.07, 6.45) is 10.1. The summed E-state index contributed by atoms with van der Waals surface area (Å²) in [5.74, 6) is 0. The van der Waals surface area contributed by atoms with E-state index in [2.05, 4.69) is 26.1 Å². The van der Waals surface area contributed by atoms with Gasteiger partial charge in [0.1, 0.15) is 0 Å². The number of aromatic amines is 1. The van der Waals surface area contributed by atoms with E-state index in [1.165, 1.54) is 32.1 Å². The molecule has 0 aliphatic heterocycles. The van der Waals surface area contributed by atoms with Crippen LogP contribution in [0.25, 0.3) is 0 Å². The lowest BCUT2D eigenvalue weighted by molar-refractivity contribution is 0.441. The molecule has 0 amide bonds. The van der Waals surface area contributed by atoms with Gasteiger partial charge in [-0.05, 0) is 28.8 Å². The first-order chi connectivity index (χ1) is 6.29. The summed E-state index contributed by atoms with van der Waals surface area (Å²) >= 11 is 3.19. The van der Waals surface area contributed by atoms with Crippen LogP contribution in [0.5, 0.6) is 0 Å². The van der Waals surface area contributed by atoms with Gasteiger partial charge in [0, 0.05) is 12.2 Å². The molecule has 0 saturated heterocycles. The maximum atomic E-state index is 5.63. The van der Waals surface area contributed by atoms with Crippen molar-refractivity contribution in [2.45, 2.75) is 38.1 Å². The lowest BCUT2D eigenvalue weighted by Crippen LogP contribution is -2.22. The van der Waals surface area contributed by atoms with Crippen LogP contribution >= 0.6 is 15.9 Å². The molecule has 0 radical (unpaired) electrons. The van der Waals surface area contributed by atoms with E-state index >= 15 is 0 Å². The number of rotatable bonds is 0. The average molecular weight is 246 g/mol. The molecule has 74 valence electrons. The molecule has 1 aliphatic carbocycles. The van der Waals surface area contributed by atoms with Crippen LogP contribution in [0.1, 0.15) is 32.1 Å². The Bertz CT molecular complexity index is 205. The fourth-order valence-corrected chi connectivity index (χ4v) is 1.57. The molecule has 1 aliphatic rings. The van der Waals surface area contributed by atoms with Crippen LogP contribution in [-0.4, -0.2) is 16.2 Å². The smallest absolute Gasteiger partial charge is 0.0629 e. The van der Waals surface area contributed by atoms with Gasteiger partial charge in [0.05, 0.1) is 10.7 Å². The van der Waals surface area contributed by atoms with E-state index in [4.69, 9.17) is 5.73 Å². The minimum atomic E-state index is 0.536. The largest absolute Gasteiger partial charge is 0.328 e. The average Bonchev–Trinajstić information content (AvgIpc) is 2.58. The molecule has 4 heteroatoms. The molecular weight excluding hydrogens is 230 g/mol. The van der Waals surface area contributed by atoms with Gasteiger partial charge < -0.3 is 5.73 Å². The molecule has 1 heterocycles. The van der Waals surface area contributed by atoms with E-state index < -0.39 is 0 Å². The third-order valence-electron chi connectivity index (χ3n) is 2.11. The molecule has 0 atom stereocenters. The van der Waals surface area contributed by atoms with Crippen molar-refractivity contribution in [1.82, 2.24) is 10.2 Å². The number of hydrogen-bond donors (Lipinski definition) is 2. The van der Waals surface area contributed by atoms with Crippen LogP contribution in [0, 0.1) is 0 Å². The summed E-state index contributed by atoms with van der Waals surface area (Å²) in [5, 5.41) is 6.28. The van der Waals surface area contributed by atoms with Gasteiger partial charge in [0.15, 0.2) is 0 Å². The number of hydrogen-bond acceptors (Lipinski definition) is 2. The second-order valence-electron chi connectivity index (χ2n) is 3.31. The molecule has 0 unspecified atom stereocenters. The van der Waals surface area contributed by atoms with Crippen molar-refractivity contribution in [3.8, 4) is 0 Å². The predicted octanol–water partition coefficient (Wildman–Crippen LogP) is 2.45. The molecular formula is C9H16BrN3. The number of nitrogens with one attached hydrogen (secondary N) is 1. The lowest BCUT2D eigenvalue weighted by atomic mass is 9.97. The third-order valence-corrected chi connectivity index (χ3v) is 2.55. The highest BCUT2D eigenvalue weighted by molar-refractivity contribution is 9.10. The molecule has 1 fully saturated rings. The fraction of sp³-hybridized carbons (Fsp3) is 0.667. The van der Waals surface area contributed by atoms with Crippen LogP contribution in [0.15, 0.2) is 16.9 Å². The molecule has 3 N–H and O–H groups in total. The maximum absolute atomic E-state index is 5.63. The normalized spacial score (nSPS) is 17.7. The number of aromatic nitrogens is 2. The number of H-pyrrole nitrogens is 1.